The van der Waals surface area contributed by atoms with E-state index in [2.05, 4.69) is 23.3 Å². The van der Waals surface area contributed by atoms with E-state index < -0.39 is 0 Å². The van der Waals surface area contributed by atoms with Crippen molar-refractivity contribution in [3.8, 4) is 6.07 Å². The largest absolute Gasteiger partial charge is 0.369 e. The average Bonchev–Trinajstić information content (AvgIpc) is 2.42. The van der Waals surface area contributed by atoms with Gasteiger partial charge in [-0.25, -0.2) is 4.98 Å². The molecule has 0 unspecified atom stereocenters. The maximum Gasteiger partial charge on any atom is 0.144 e. The van der Waals surface area contributed by atoms with Crippen molar-refractivity contribution in [2.24, 2.45) is 0 Å². The fraction of sp³-hybridized carbons (Fsp3) is 0.333. The molecule has 2 rings (SSSR count). The van der Waals surface area contributed by atoms with Gasteiger partial charge in [0.1, 0.15) is 11.9 Å². The van der Waals surface area contributed by atoms with E-state index >= 15 is 0 Å². The van der Waals surface area contributed by atoms with E-state index in [0.717, 1.165) is 23.9 Å². The van der Waals surface area contributed by atoms with E-state index in [-0.39, 0.29) is 0 Å². The Labute approximate surface area is 107 Å². The van der Waals surface area contributed by atoms with E-state index in [4.69, 9.17) is 5.26 Å². The van der Waals surface area contributed by atoms with Gasteiger partial charge in [-0.1, -0.05) is 38.0 Å². The SMILES string of the molecule is CCCCCNc1nc2ccccc2cc1C#N. The van der Waals surface area contributed by atoms with Gasteiger partial charge in [0, 0.05) is 11.9 Å². The van der Waals surface area contributed by atoms with Crippen LogP contribution in [0, 0.1) is 11.3 Å². The minimum atomic E-state index is 0.616. The molecule has 0 aliphatic heterocycles. The van der Waals surface area contributed by atoms with Crippen LogP contribution >= 0.6 is 0 Å². The number of nitriles is 1. The molecule has 0 bridgehead atoms. The second kappa shape index (κ2) is 6.02. The summed E-state index contributed by atoms with van der Waals surface area (Å²) in [7, 11) is 0. The maximum atomic E-state index is 9.15. The van der Waals surface area contributed by atoms with Gasteiger partial charge in [-0.3, -0.25) is 0 Å². The quantitative estimate of drug-likeness (QED) is 0.809. The van der Waals surface area contributed by atoms with Gasteiger partial charge in [0.05, 0.1) is 11.1 Å². The first-order valence-electron chi connectivity index (χ1n) is 6.39. The van der Waals surface area contributed by atoms with Crippen molar-refractivity contribution >= 4 is 16.7 Å². The standard InChI is InChI=1S/C15H17N3/c1-2-3-6-9-17-15-13(11-16)10-12-7-4-5-8-14(12)18-15/h4-5,7-8,10H,2-3,6,9H2,1H3,(H,17,18). The van der Waals surface area contributed by atoms with Crippen LogP contribution in [0.25, 0.3) is 10.9 Å². The van der Waals surface area contributed by atoms with Crippen molar-refractivity contribution in [1.29, 1.82) is 5.26 Å². The van der Waals surface area contributed by atoms with Crippen LogP contribution in [-0.2, 0) is 0 Å². The van der Waals surface area contributed by atoms with Crippen molar-refractivity contribution in [3.63, 3.8) is 0 Å². The summed E-state index contributed by atoms with van der Waals surface area (Å²) in [5, 5.41) is 13.4. The van der Waals surface area contributed by atoms with Crippen LogP contribution in [0.1, 0.15) is 31.7 Å². The van der Waals surface area contributed by atoms with Gasteiger partial charge in [0.15, 0.2) is 0 Å². The molecule has 0 saturated heterocycles. The Hall–Kier alpha value is -2.08. The summed E-state index contributed by atoms with van der Waals surface area (Å²) in [6.45, 7) is 3.04. The van der Waals surface area contributed by atoms with Crippen LogP contribution in [0.2, 0.25) is 0 Å². The Morgan fingerprint density at radius 3 is 2.89 bits per heavy atom. The number of anilines is 1. The zero-order chi connectivity index (χ0) is 12.8. The lowest BCUT2D eigenvalue weighted by Crippen LogP contribution is -2.05. The summed E-state index contributed by atoms with van der Waals surface area (Å²) < 4.78 is 0. The predicted octanol–water partition coefficient (Wildman–Crippen LogP) is 3.71. The summed E-state index contributed by atoms with van der Waals surface area (Å²) in [6.07, 6.45) is 3.50. The molecule has 18 heavy (non-hydrogen) atoms. The normalized spacial score (nSPS) is 10.2. The Morgan fingerprint density at radius 2 is 2.11 bits per heavy atom. The second-order valence-corrected chi connectivity index (χ2v) is 4.32. The molecule has 0 radical (unpaired) electrons. The molecule has 0 aliphatic carbocycles. The molecular formula is C15H17N3. The lowest BCUT2D eigenvalue weighted by molar-refractivity contribution is 0.742. The topological polar surface area (TPSA) is 48.7 Å². The zero-order valence-electron chi connectivity index (χ0n) is 10.6. The molecule has 3 nitrogen and oxygen atoms in total. The van der Waals surface area contributed by atoms with Crippen molar-refractivity contribution in [3.05, 3.63) is 35.9 Å². The van der Waals surface area contributed by atoms with E-state index in [1.165, 1.54) is 12.8 Å². The molecule has 1 N–H and O–H groups in total. The summed E-state index contributed by atoms with van der Waals surface area (Å²) in [5.74, 6) is 0.701. The van der Waals surface area contributed by atoms with Gasteiger partial charge < -0.3 is 5.32 Å². The van der Waals surface area contributed by atoms with Gasteiger partial charge in [0.25, 0.3) is 0 Å². The maximum absolute atomic E-state index is 9.15. The van der Waals surface area contributed by atoms with Crippen LogP contribution in [0.15, 0.2) is 30.3 Å². The zero-order valence-corrected chi connectivity index (χ0v) is 10.6. The van der Waals surface area contributed by atoms with Gasteiger partial charge >= 0.3 is 0 Å². The van der Waals surface area contributed by atoms with Crippen molar-refractivity contribution in [2.45, 2.75) is 26.2 Å². The lowest BCUT2D eigenvalue weighted by atomic mass is 10.1. The third kappa shape index (κ3) is 2.78. The number of nitrogens with one attached hydrogen (secondary N) is 1. The highest BCUT2D eigenvalue weighted by molar-refractivity contribution is 5.82. The predicted molar refractivity (Wildman–Crippen MR) is 74.5 cm³/mol. The third-order valence-corrected chi connectivity index (χ3v) is 2.92. The van der Waals surface area contributed by atoms with E-state index in [9.17, 15) is 0 Å². The monoisotopic (exact) mass is 239 g/mol. The van der Waals surface area contributed by atoms with Crippen molar-refractivity contribution < 1.29 is 0 Å². The number of para-hydroxylation sites is 1. The number of hydrogen-bond acceptors (Lipinski definition) is 3. The Balaban J connectivity index is 2.23. The van der Waals surface area contributed by atoms with Crippen LogP contribution in [0.3, 0.4) is 0 Å². The van der Waals surface area contributed by atoms with Crippen molar-refractivity contribution in [1.82, 2.24) is 4.98 Å². The number of fused-ring (bicyclic) bond motifs is 1. The average molecular weight is 239 g/mol. The molecule has 2 aromatic rings. The summed E-state index contributed by atoms with van der Waals surface area (Å²) in [4.78, 5) is 4.51. The van der Waals surface area contributed by atoms with Crippen molar-refractivity contribution in [2.75, 3.05) is 11.9 Å². The van der Waals surface area contributed by atoms with Crippen LogP contribution in [0.5, 0.6) is 0 Å². The first kappa shape index (κ1) is 12.4. The highest BCUT2D eigenvalue weighted by Gasteiger charge is 2.05. The molecule has 0 spiro atoms. The number of rotatable bonds is 5. The van der Waals surface area contributed by atoms with Gasteiger partial charge in [-0.2, -0.15) is 5.26 Å². The van der Waals surface area contributed by atoms with Gasteiger partial charge in [-0.15, -0.1) is 0 Å². The third-order valence-electron chi connectivity index (χ3n) is 2.92. The highest BCUT2D eigenvalue weighted by atomic mass is 15.0. The Kier molecular flexibility index (Phi) is 4.14. The summed E-state index contributed by atoms with van der Waals surface area (Å²) >= 11 is 0. The summed E-state index contributed by atoms with van der Waals surface area (Å²) in [5.41, 5.74) is 1.54. The number of aromatic nitrogens is 1. The fourth-order valence-corrected chi connectivity index (χ4v) is 1.92. The van der Waals surface area contributed by atoms with Crippen LogP contribution < -0.4 is 5.32 Å². The molecule has 0 aliphatic rings. The number of hydrogen-bond donors (Lipinski definition) is 1. The first-order chi connectivity index (χ1) is 8.85. The smallest absolute Gasteiger partial charge is 0.144 e. The minimum absolute atomic E-state index is 0.616. The first-order valence-corrected chi connectivity index (χ1v) is 6.39. The van der Waals surface area contributed by atoms with Crippen LogP contribution in [-0.4, -0.2) is 11.5 Å². The number of benzene rings is 1. The molecule has 0 fully saturated rings. The summed E-state index contributed by atoms with van der Waals surface area (Å²) in [6, 6.07) is 12.0. The molecule has 3 heteroatoms. The van der Waals surface area contributed by atoms with E-state index in [0.29, 0.717) is 11.4 Å². The number of nitrogens with zero attached hydrogens (tertiary/aromatic N) is 2. The molecule has 0 amide bonds. The molecule has 1 aromatic heterocycles. The van der Waals surface area contributed by atoms with Gasteiger partial charge in [0.2, 0.25) is 0 Å². The number of pyridine rings is 1. The lowest BCUT2D eigenvalue weighted by Gasteiger charge is -2.08. The molecule has 1 aromatic carbocycles. The Morgan fingerprint density at radius 1 is 1.28 bits per heavy atom. The number of unbranched alkanes of at least 4 members (excludes halogenated alkanes) is 2. The molecule has 0 atom stereocenters. The van der Waals surface area contributed by atoms with E-state index in [1.54, 1.807) is 0 Å². The molecule has 1 heterocycles. The minimum Gasteiger partial charge on any atom is -0.369 e. The molecule has 0 saturated carbocycles. The highest BCUT2D eigenvalue weighted by Crippen LogP contribution is 2.19. The molecule has 92 valence electrons. The van der Waals surface area contributed by atoms with Gasteiger partial charge in [-0.05, 0) is 18.6 Å². The van der Waals surface area contributed by atoms with E-state index in [1.807, 2.05) is 30.3 Å². The fourth-order valence-electron chi connectivity index (χ4n) is 1.92. The van der Waals surface area contributed by atoms with Crippen LogP contribution in [0.4, 0.5) is 5.82 Å². The second-order valence-electron chi connectivity index (χ2n) is 4.32. The molecular weight excluding hydrogens is 222 g/mol. The Bertz CT molecular complexity index is 569.